The first-order valence-electron chi connectivity index (χ1n) is 9.93. The summed E-state index contributed by atoms with van der Waals surface area (Å²) in [6.07, 6.45) is 0.728. The van der Waals surface area contributed by atoms with Gasteiger partial charge in [0.1, 0.15) is 6.04 Å². The molecule has 0 bridgehead atoms. The van der Waals surface area contributed by atoms with E-state index in [1.165, 1.54) is 6.92 Å². The second-order valence-electron chi connectivity index (χ2n) is 7.11. The molecule has 3 aromatic rings. The monoisotopic (exact) mass is 420 g/mol. The summed E-state index contributed by atoms with van der Waals surface area (Å²) in [4.78, 5) is 27.3. The normalized spacial score (nSPS) is 11.5. The van der Waals surface area contributed by atoms with Crippen LogP contribution in [0.15, 0.2) is 84.9 Å². The Bertz CT molecular complexity index is 959. The number of halogens is 1. The summed E-state index contributed by atoms with van der Waals surface area (Å²) in [5.41, 5.74) is 2.84. The van der Waals surface area contributed by atoms with Crippen LogP contribution in [0.1, 0.15) is 29.7 Å². The molecule has 0 saturated heterocycles. The minimum atomic E-state index is -0.713. The Morgan fingerprint density at radius 3 is 2.07 bits per heavy atom. The molecule has 0 saturated carbocycles. The highest BCUT2D eigenvalue weighted by atomic mass is 35.5. The van der Waals surface area contributed by atoms with Crippen LogP contribution in [0, 0.1) is 0 Å². The van der Waals surface area contributed by atoms with Gasteiger partial charge in [0.25, 0.3) is 0 Å². The van der Waals surface area contributed by atoms with Crippen molar-refractivity contribution in [1.29, 1.82) is 0 Å². The fraction of sp³-hybridized carbons (Fsp3) is 0.200. The summed E-state index contributed by atoms with van der Waals surface area (Å²) in [5.74, 6) is -0.363. The molecule has 30 heavy (non-hydrogen) atoms. The molecule has 2 amide bonds. The number of carbonyl (C=O) groups excluding carboxylic acids is 2. The van der Waals surface area contributed by atoms with E-state index in [0.717, 1.165) is 23.1 Å². The lowest BCUT2D eigenvalue weighted by molar-refractivity contribution is -0.140. The Morgan fingerprint density at radius 2 is 1.47 bits per heavy atom. The molecular formula is C25H25ClN2O2. The van der Waals surface area contributed by atoms with Gasteiger partial charge in [-0.15, -0.1) is 0 Å². The van der Waals surface area contributed by atoms with Crippen LogP contribution in [0.5, 0.6) is 0 Å². The number of hydrogen-bond acceptors (Lipinski definition) is 2. The topological polar surface area (TPSA) is 49.4 Å². The molecule has 1 atom stereocenters. The molecule has 0 fully saturated rings. The number of amides is 2. The molecule has 3 rings (SSSR count). The lowest BCUT2D eigenvalue weighted by Gasteiger charge is -2.30. The Balaban J connectivity index is 1.79. The van der Waals surface area contributed by atoms with Gasteiger partial charge in [-0.1, -0.05) is 84.4 Å². The maximum Gasteiger partial charge on any atom is 0.247 e. The van der Waals surface area contributed by atoms with E-state index in [1.54, 1.807) is 17.0 Å². The number of hydrogen-bond donors (Lipinski definition) is 1. The summed E-state index contributed by atoms with van der Waals surface area (Å²) < 4.78 is 0. The highest BCUT2D eigenvalue weighted by Gasteiger charge is 2.29. The van der Waals surface area contributed by atoms with Crippen molar-refractivity contribution in [2.75, 3.05) is 6.54 Å². The van der Waals surface area contributed by atoms with Crippen LogP contribution in [0.2, 0.25) is 5.02 Å². The molecule has 154 valence electrons. The van der Waals surface area contributed by atoms with Gasteiger partial charge < -0.3 is 10.2 Å². The standard InChI is InChI=1S/C25H25ClN2O2/c1-19(29)28(18-21-12-14-23(26)15-13-21)24(22-10-6-3-7-11-22)25(30)27-17-16-20-8-4-2-5-9-20/h2-15,24H,16-18H2,1H3,(H,27,30)/t24-/m0/s1. The Labute approximate surface area is 182 Å². The van der Waals surface area contributed by atoms with E-state index < -0.39 is 6.04 Å². The van der Waals surface area contributed by atoms with Crippen molar-refractivity contribution in [2.24, 2.45) is 0 Å². The van der Waals surface area contributed by atoms with Crippen molar-refractivity contribution in [2.45, 2.75) is 25.9 Å². The molecule has 0 aliphatic carbocycles. The van der Waals surface area contributed by atoms with Crippen molar-refractivity contribution in [3.63, 3.8) is 0 Å². The Hall–Kier alpha value is -3.11. The lowest BCUT2D eigenvalue weighted by Crippen LogP contribution is -2.43. The molecule has 5 heteroatoms. The van der Waals surface area contributed by atoms with Crippen LogP contribution in [0.3, 0.4) is 0 Å². The summed E-state index contributed by atoms with van der Waals surface area (Å²) in [7, 11) is 0. The minimum absolute atomic E-state index is 0.169. The quantitative estimate of drug-likeness (QED) is 0.569. The number of nitrogens with zero attached hydrogens (tertiary/aromatic N) is 1. The van der Waals surface area contributed by atoms with Gasteiger partial charge >= 0.3 is 0 Å². The van der Waals surface area contributed by atoms with Gasteiger partial charge in [0.2, 0.25) is 11.8 Å². The van der Waals surface area contributed by atoms with Crippen LogP contribution in [-0.2, 0) is 22.6 Å². The molecular weight excluding hydrogens is 396 g/mol. The predicted molar refractivity (Wildman–Crippen MR) is 120 cm³/mol. The van der Waals surface area contributed by atoms with E-state index >= 15 is 0 Å². The van der Waals surface area contributed by atoms with Gasteiger partial charge in [0.05, 0.1) is 0 Å². The highest BCUT2D eigenvalue weighted by Crippen LogP contribution is 2.24. The summed E-state index contributed by atoms with van der Waals surface area (Å²) in [6.45, 7) is 2.31. The fourth-order valence-corrected chi connectivity index (χ4v) is 3.48. The molecule has 4 nitrogen and oxygen atoms in total. The smallest absolute Gasteiger partial charge is 0.247 e. The minimum Gasteiger partial charge on any atom is -0.354 e. The van der Waals surface area contributed by atoms with Crippen LogP contribution in [0.4, 0.5) is 0 Å². The van der Waals surface area contributed by atoms with E-state index in [4.69, 9.17) is 11.6 Å². The SMILES string of the molecule is CC(=O)N(Cc1ccc(Cl)cc1)[C@H](C(=O)NCCc1ccccc1)c1ccccc1. The van der Waals surface area contributed by atoms with Gasteiger partial charge in [-0.3, -0.25) is 9.59 Å². The first-order valence-corrected chi connectivity index (χ1v) is 10.3. The maximum absolute atomic E-state index is 13.2. The largest absolute Gasteiger partial charge is 0.354 e. The first kappa shape index (κ1) is 21.6. The van der Waals surface area contributed by atoms with E-state index in [2.05, 4.69) is 5.32 Å². The molecule has 0 aromatic heterocycles. The molecule has 0 heterocycles. The van der Waals surface area contributed by atoms with Gasteiger partial charge in [-0.25, -0.2) is 0 Å². The molecule has 0 aliphatic rings. The van der Waals surface area contributed by atoms with E-state index in [9.17, 15) is 9.59 Å². The summed E-state index contributed by atoms with van der Waals surface area (Å²) in [6, 6.07) is 26.0. The van der Waals surface area contributed by atoms with E-state index in [-0.39, 0.29) is 11.8 Å². The molecule has 1 N–H and O–H groups in total. The van der Waals surface area contributed by atoms with Gasteiger partial charge in [0.15, 0.2) is 0 Å². The van der Waals surface area contributed by atoms with Crippen LogP contribution in [0.25, 0.3) is 0 Å². The Kier molecular flexibility index (Phi) is 7.63. The average molecular weight is 421 g/mol. The third-order valence-corrected chi connectivity index (χ3v) is 5.15. The molecule has 0 spiro atoms. The zero-order valence-electron chi connectivity index (χ0n) is 16.9. The highest BCUT2D eigenvalue weighted by molar-refractivity contribution is 6.30. The van der Waals surface area contributed by atoms with Gasteiger partial charge in [-0.05, 0) is 35.2 Å². The van der Waals surface area contributed by atoms with E-state index in [0.29, 0.717) is 18.1 Å². The third-order valence-electron chi connectivity index (χ3n) is 4.90. The summed E-state index contributed by atoms with van der Waals surface area (Å²) >= 11 is 5.98. The van der Waals surface area contributed by atoms with Gasteiger partial charge in [-0.2, -0.15) is 0 Å². The number of benzene rings is 3. The van der Waals surface area contributed by atoms with Crippen molar-refractivity contribution >= 4 is 23.4 Å². The van der Waals surface area contributed by atoms with Crippen molar-refractivity contribution in [3.8, 4) is 0 Å². The summed E-state index contributed by atoms with van der Waals surface area (Å²) in [5, 5.41) is 3.64. The lowest BCUT2D eigenvalue weighted by atomic mass is 10.0. The number of carbonyl (C=O) groups is 2. The maximum atomic E-state index is 13.2. The van der Waals surface area contributed by atoms with Crippen LogP contribution in [-0.4, -0.2) is 23.3 Å². The van der Waals surface area contributed by atoms with Crippen LogP contribution >= 0.6 is 11.6 Å². The van der Waals surface area contributed by atoms with Crippen molar-refractivity contribution < 1.29 is 9.59 Å². The molecule has 0 unspecified atom stereocenters. The second-order valence-corrected chi connectivity index (χ2v) is 7.55. The second kappa shape index (κ2) is 10.6. The average Bonchev–Trinajstić information content (AvgIpc) is 2.76. The predicted octanol–water partition coefficient (Wildman–Crippen LogP) is 4.79. The third kappa shape index (κ3) is 5.94. The van der Waals surface area contributed by atoms with Crippen LogP contribution < -0.4 is 5.32 Å². The number of nitrogens with one attached hydrogen (secondary N) is 1. The number of rotatable bonds is 8. The molecule has 3 aromatic carbocycles. The molecule has 0 aliphatic heterocycles. The zero-order chi connectivity index (χ0) is 21.3. The van der Waals surface area contributed by atoms with E-state index in [1.807, 2.05) is 72.8 Å². The van der Waals surface area contributed by atoms with Crippen molar-refractivity contribution in [3.05, 3.63) is 107 Å². The molecule has 0 radical (unpaired) electrons. The first-order chi connectivity index (χ1) is 14.5. The fourth-order valence-electron chi connectivity index (χ4n) is 3.35. The zero-order valence-corrected chi connectivity index (χ0v) is 17.7. The Morgan fingerprint density at radius 1 is 0.867 bits per heavy atom. The van der Waals surface area contributed by atoms with Crippen molar-refractivity contribution in [1.82, 2.24) is 10.2 Å². The van der Waals surface area contributed by atoms with Gasteiger partial charge in [0, 0.05) is 25.0 Å².